The number of hydrogen-bond acceptors (Lipinski definition) is 2. The van der Waals surface area contributed by atoms with Crippen LogP contribution in [0.4, 0.5) is 0 Å². The Bertz CT molecular complexity index is 518. The van der Waals surface area contributed by atoms with Crippen molar-refractivity contribution in [3.8, 4) is 0 Å². The van der Waals surface area contributed by atoms with E-state index in [0.29, 0.717) is 22.9 Å². The molecule has 0 heterocycles. The zero-order valence-corrected chi connectivity index (χ0v) is 13.5. The molecule has 0 spiro atoms. The SMILES string of the molecule is CC(C)C[C@H](NC(=O)CCc1ccc(Cl)cc1Cl)C(=O)O. The zero-order chi connectivity index (χ0) is 16.0. The summed E-state index contributed by atoms with van der Waals surface area (Å²) < 4.78 is 0. The number of aryl methyl sites for hydroxylation is 1. The first-order chi connectivity index (χ1) is 9.79. The van der Waals surface area contributed by atoms with Gasteiger partial charge in [0.15, 0.2) is 0 Å². The summed E-state index contributed by atoms with van der Waals surface area (Å²) in [7, 11) is 0. The third-order valence-electron chi connectivity index (χ3n) is 2.98. The topological polar surface area (TPSA) is 66.4 Å². The molecule has 1 rings (SSSR count). The number of carboxylic acid groups (broad SMARTS) is 1. The number of carboxylic acids is 1. The van der Waals surface area contributed by atoms with Crippen molar-refractivity contribution in [2.24, 2.45) is 5.92 Å². The standard InChI is InChI=1S/C15H19Cl2NO3/c1-9(2)7-13(15(20)21)18-14(19)6-4-10-3-5-11(16)8-12(10)17/h3,5,8-9,13H,4,6-7H2,1-2H3,(H,18,19)(H,20,21)/t13-/m0/s1. The van der Waals surface area contributed by atoms with Gasteiger partial charge in [0.05, 0.1) is 0 Å². The highest BCUT2D eigenvalue weighted by atomic mass is 35.5. The largest absolute Gasteiger partial charge is 0.480 e. The third kappa shape index (κ3) is 6.36. The van der Waals surface area contributed by atoms with Crippen LogP contribution in [0.15, 0.2) is 18.2 Å². The summed E-state index contributed by atoms with van der Waals surface area (Å²) in [6, 6.07) is 4.24. The van der Waals surface area contributed by atoms with Gasteiger partial charge in [-0.15, -0.1) is 0 Å². The van der Waals surface area contributed by atoms with Crippen LogP contribution in [0, 0.1) is 5.92 Å². The van der Waals surface area contributed by atoms with Gasteiger partial charge in [-0.2, -0.15) is 0 Å². The van der Waals surface area contributed by atoms with E-state index in [0.717, 1.165) is 5.56 Å². The highest BCUT2D eigenvalue weighted by molar-refractivity contribution is 6.35. The summed E-state index contributed by atoms with van der Waals surface area (Å²) in [4.78, 5) is 22.9. The molecule has 0 unspecified atom stereocenters. The predicted molar refractivity (Wildman–Crippen MR) is 83.8 cm³/mol. The molecule has 0 bridgehead atoms. The van der Waals surface area contributed by atoms with Crippen molar-refractivity contribution >= 4 is 35.1 Å². The first kappa shape index (κ1) is 17.8. The molecular formula is C15H19Cl2NO3. The second-order valence-electron chi connectivity index (χ2n) is 5.32. The Balaban J connectivity index is 2.54. The van der Waals surface area contributed by atoms with Crippen molar-refractivity contribution in [3.63, 3.8) is 0 Å². The number of amides is 1. The van der Waals surface area contributed by atoms with E-state index < -0.39 is 12.0 Å². The lowest BCUT2D eigenvalue weighted by atomic mass is 10.0. The Morgan fingerprint density at radius 2 is 1.95 bits per heavy atom. The fraction of sp³-hybridized carbons (Fsp3) is 0.467. The molecule has 1 aromatic rings. The molecule has 0 fully saturated rings. The molecule has 0 saturated carbocycles. The summed E-state index contributed by atoms with van der Waals surface area (Å²) in [5.74, 6) is -1.12. The lowest BCUT2D eigenvalue weighted by Crippen LogP contribution is -2.41. The normalized spacial score (nSPS) is 12.2. The molecule has 116 valence electrons. The molecule has 0 saturated heterocycles. The number of carbonyl (C=O) groups excluding carboxylic acids is 1. The molecule has 1 amide bonds. The molecule has 1 atom stereocenters. The van der Waals surface area contributed by atoms with Crippen molar-refractivity contribution in [2.75, 3.05) is 0 Å². The number of nitrogens with one attached hydrogen (secondary N) is 1. The first-order valence-electron chi connectivity index (χ1n) is 6.75. The highest BCUT2D eigenvalue weighted by Gasteiger charge is 2.20. The molecule has 2 N–H and O–H groups in total. The number of hydrogen-bond donors (Lipinski definition) is 2. The molecule has 6 heteroatoms. The van der Waals surface area contributed by atoms with Crippen LogP contribution >= 0.6 is 23.2 Å². The first-order valence-corrected chi connectivity index (χ1v) is 7.51. The average Bonchev–Trinajstić information content (AvgIpc) is 2.36. The van der Waals surface area contributed by atoms with Crippen LogP contribution in [0.5, 0.6) is 0 Å². The number of aliphatic carboxylic acids is 1. The summed E-state index contributed by atoms with van der Waals surface area (Å²) in [5, 5.41) is 12.7. The van der Waals surface area contributed by atoms with E-state index in [1.165, 1.54) is 0 Å². The fourth-order valence-corrected chi connectivity index (χ4v) is 2.43. The summed E-state index contributed by atoms with van der Waals surface area (Å²) in [6.07, 6.45) is 1.03. The zero-order valence-electron chi connectivity index (χ0n) is 12.0. The van der Waals surface area contributed by atoms with E-state index in [9.17, 15) is 9.59 Å². The van der Waals surface area contributed by atoms with Gasteiger partial charge in [-0.1, -0.05) is 43.1 Å². The van der Waals surface area contributed by atoms with Crippen molar-refractivity contribution < 1.29 is 14.7 Å². The minimum absolute atomic E-state index is 0.184. The van der Waals surface area contributed by atoms with Crippen molar-refractivity contribution in [2.45, 2.75) is 39.2 Å². The maximum atomic E-state index is 11.8. The van der Waals surface area contributed by atoms with E-state index in [2.05, 4.69) is 5.32 Å². The van der Waals surface area contributed by atoms with E-state index in [1.807, 2.05) is 13.8 Å². The number of benzene rings is 1. The van der Waals surface area contributed by atoms with Gasteiger partial charge in [0.1, 0.15) is 6.04 Å². The molecule has 0 aliphatic heterocycles. The lowest BCUT2D eigenvalue weighted by molar-refractivity contribution is -0.142. The van der Waals surface area contributed by atoms with Gasteiger partial charge < -0.3 is 10.4 Å². The van der Waals surface area contributed by atoms with Crippen molar-refractivity contribution in [1.29, 1.82) is 0 Å². The maximum Gasteiger partial charge on any atom is 0.326 e. The number of halogens is 2. The summed E-state index contributed by atoms with van der Waals surface area (Å²) in [5.41, 5.74) is 0.812. The lowest BCUT2D eigenvalue weighted by Gasteiger charge is -2.16. The quantitative estimate of drug-likeness (QED) is 0.802. The summed E-state index contributed by atoms with van der Waals surface area (Å²) in [6.45, 7) is 3.82. The van der Waals surface area contributed by atoms with Crippen LogP contribution in [0.3, 0.4) is 0 Å². The van der Waals surface area contributed by atoms with E-state index in [1.54, 1.807) is 18.2 Å². The smallest absolute Gasteiger partial charge is 0.326 e. The van der Waals surface area contributed by atoms with E-state index in [-0.39, 0.29) is 18.2 Å². The third-order valence-corrected chi connectivity index (χ3v) is 3.56. The Kier molecular flexibility index (Phi) is 6.99. The van der Waals surface area contributed by atoms with Gasteiger partial charge in [-0.25, -0.2) is 4.79 Å². The number of carbonyl (C=O) groups is 2. The fourth-order valence-electron chi connectivity index (χ4n) is 1.93. The molecular weight excluding hydrogens is 313 g/mol. The van der Waals surface area contributed by atoms with Crippen molar-refractivity contribution in [1.82, 2.24) is 5.32 Å². The van der Waals surface area contributed by atoms with Gasteiger partial charge in [-0.05, 0) is 36.5 Å². The summed E-state index contributed by atoms with van der Waals surface area (Å²) >= 11 is 11.8. The van der Waals surface area contributed by atoms with Gasteiger partial charge >= 0.3 is 5.97 Å². The Morgan fingerprint density at radius 1 is 1.29 bits per heavy atom. The van der Waals surface area contributed by atoms with E-state index >= 15 is 0 Å². The molecule has 0 aliphatic rings. The Labute approximate surface area is 134 Å². The van der Waals surface area contributed by atoms with Gasteiger partial charge in [-0.3, -0.25) is 4.79 Å². The monoisotopic (exact) mass is 331 g/mol. The second kappa shape index (κ2) is 8.25. The van der Waals surface area contributed by atoms with Gasteiger partial charge in [0.25, 0.3) is 0 Å². The Morgan fingerprint density at radius 3 is 2.48 bits per heavy atom. The van der Waals surface area contributed by atoms with Crippen LogP contribution in [0.25, 0.3) is 0 Å². The molecule has 0 aliphatic carbocycles. The average molecular weight is 332 g/mol. The predicted octanol–water partition coefficient (Wildman–Crippen LogP) is 3.54. The van der Waals surface area contributed by atoms with Gasteiger partial charge in [0, 0.05) is 16.5 Å². The highest BCUT2D eigenvalue weighted by Crippen LogP contribution is 2.22. The van der Waals surface area contributed by atoms with Crippen LogP contribution in [-0.4, -0.2) is 23.0 Å². The van der Waals surface area contributed by atoms with E-state index in [4.69, 9.17) is 28.3 Å². The van der Waals surface area contributed by atoms with Crippen LogP contribution in [0.2, 0.25) is 10.0 Å². The minimum Gasteiger partial charge on any atom is -0.480 e. The van der Waals surface area contributed by atoms with Crippen molar-refractivity contribution in [3.05, 3.63) is 33.8 Å². The molecule has 4 nitrogen and oxygen atoms in total. The second-order valence-corrected chi connectivity index (χ2v) is 6.17. The Hall–Kier alpha value is -1.26. The maximum absolute atomic E-state index is 11.8. The minimum atomic E-state index is -1.01. The molecule has 0 radical (unpaired) electrons. The molecule has 0 aromatic heterocycles. The van der Waals surface area contributed by atoms with Crippen LogP contribution < -0.4 is 5.32 Å². The molecule has 21 heavy (non-hydrogen) atoms. The molecule has 1 aromatic carbocycles. The van der Waals surface area contributed by atoms with Crippen LogP contribution in [0.1, 0.15) is 32.3 Å². The van der Waals surface area contributed by atoms with Gasteiger partial charge in [0.2, 0.25) is 5.91 Å². The van der Waals surface area contributed by atoms with Crippen LogP contribution in [-0.2, 0) is 16.0 Å². The number of rotatable bonds is 7.